The normalized spacial score (nSPS) is 11.0. The van der Waals surface area contributed by atoms with E-state index in [1.807, 2.05) is 6.92 Å². The third kappa shape index (κ3) is 1.03. The van der Waals surface area contributed by atoms with Crippen LogP contribution in [0.5, 0.6) is 0 Å². The van der Waals surface area contributed by atoms with Crippen LogP contribution < -0.4 is 0 Å². The van der Waals surface area contributed by atoms with Crippen LogP contribution in [0.3, 0.4) is 0 Å². The topological polar surface area (TPSA) is 25.8 Å². The van der Waals surface area contributed by atoms with E-state index in [4.69, 9.17) is 1.37 Å². The Bertz CT molecular complexity index is 222. The fourth-order valence-electron chi connectivity index (χ4n) is 0.417. The second-order valence-electron chi connectivity index (χ2n) is 1.71. The van der Waals surface area contributed by atoms with E-state index in [1.54, 1.807) is 13.1 Å². The molecule has 1 aromatic heterocycles. The van der Waals surface area contributed by atoms with Crippen LogP contribution in [0.1, 0.15) is 12.8 Å². The first kappa shape index (κ1) is 4.01. The molecule has 0 unspecified atom stereocenters. The standard InChI is InChI=1S/C6H8N2/c1-5-3-8-6(2)4-7-5/h3-4H,1-2H3/i3D. The van der Waals surface area contributed by atoms with Gasteiger partial charge in [-0.1, -0.05) is 0 Å². The van der Waals surface area contributed by atoms with Gasteiger partial charge in [-0.3, -0.25) is 9.97 Å². The molecule has 0 saturated carbocycles. The Balaban J connectivity index is 3.17. The third-order valence-corrected chi connectivity index (χ3v) is 0.839. The molecule has 0 aromatic carbocycles. The lowest BCUT2D eigenvalue weighted by Gasteiger charge is -1.88. The molecule has 8 heavy (non-hydrogen) atoms. The van der Waals surface area contributed by atoms with Crippen molar-refractivity contribution in [2.24, 2.45) is 0 Å². The number of aryl methyl sites for hydroxylation is 2. The minimum absolute atomic E-state index is 0.273. The number of hydrogen-bond donors (Lipinski definition) is 0. The average Bonchev–Trinajstić information content (AvgIpc) is 1.80. The molecule has 0 amide bonds. The predicted molar refractivity (Wildman–Crippen MR) is 31.5 cm³/mol. The molecule has 1 rings (SSSR count). The van der Waals surface area contributed by atoms with E-state index in [1.165, 1.54) is 0 Å². The fourth-order valence-corrected chi connectivity index (χ4v) is 0.417. The van der Waals surface area contributed by atoms with Gasteiger partial charge >= 0.3 is 0 Å². The smallest absolute Gasteiger partial charge is 0.0860 e. The summed E-state index contributed by atoms with van der Waals surface area (Å²) < 4.78 is 7.19. The summed E-state index contributed by atoms with van der Waals surface area (Å²) in [6.45, 7) is 3.60. The lowest BCUT2D eigenvalue weighted by Crippen LogP contribution is -1.84. The Hall–Kier alpha value is -0.920. The van der Waals surface area contributed by atoms with Crippen molar-refractivity contribution in [2.75, 3.05) is 0 Å². The van der Waals surface area contributed by atoms with Crippen molar-refractivity contribution in [3.8, 4) is 0 Å². The van der Waals surface area contributed by atoms with E-state index < -0.39 is 0 Å². The van der Waals surface area contributed by atoms with E-state index in [2.05, 4.69) is 9.97 Å². The molecule has 0 aliphatic carbocycles. The zero-order valence-electron chi connectivity index (χ0n) is 5.97. The molecule has 0 aliphatic heterocycles. The summed E-state index contributed by atoms with van der Waals surface area (Å²) in [6.07, 6.45) is 1.93. The van der Waals surface area contributed by atoms with Gasteiger partial charge in [0, 0.05) is 12.4 Å². The lowest BCUT2D eigenvalue weighted by molar-refractivity contribution is 1.06. The van der Waals surface area contributed by atoms with Gasteiger partial charge in [-0.05, 0) is 13.8 Å². The highest BCUT2D eigenvalue weighted by Gasteiger charge is 1.82. The quantitative estimate of drug-likeness (QED) is 0.498. The van der Waals surface area contributed by atoms with Gasteiger partial charge < -0.3 is 0 Å². The fraction of sp³-hybridized carbons (Fsp3) is 0.333. The van der Waals surface area contributed by atoms with E-state index in [-0.39, 0.29) is 6.17 Å². The molecule has 0 bridgehead atoms. The molecule has 2 nitrogen and oxygen atoms in total. The average molecular weight is 109 g/mol. The van der Waals surface area contributed by atoms with Crippen LogP contribution >= 0.6 is 0 Å². The van der Waals surface area contributed by atoms with Crippen molar-refractivity contribution in [3.63, 3.8) is 0 Å². The Kier molecular flexibility index (Phi) is 0.954. The molecule has 0 radical (unpaired) electrons. The summed E-state index contributed by atoms with van der Waals surface area (Å²) in [5, 5.41) is 0. The van der Waals surface area contributed by atoms with E-state index >= 15 is 0 Å². The maximum Gasteiger partial charge on any atom is 0.0860 e. The molecular formula is C6H8N2. The van der Waals surface area contributed by atoms with Crippen LogP contribution in [0.2, 0.25) is 0 Å². The Morgan fingerprint density at radius 2 is 2.12 bits per heavy atom. The largest absolute Gasteiger partial charge is 0.258 e. The highest BCUT2D eigenvalue weighted by atomic mass is 14.8. The van der Waals surface area contributed by atoms with Gasteiger partial charge in [0.25, 0.3) is 0 Å². The zero-order chi connectivity index (χ0) is 6.85. The number of hydrogen-bond acceptors (Lipinski definition) is 2. The third-order valence-electron chi connectivity index (χ3n) is 0.839. The summed E-state index contributed by atoms with van der Waals surface area (Å²) in [5.74, 6) is 0. The summed E-state index contributed by atoms with van der Waals surface area (Å²) >= 11 is 0. The van der Waals surface area contributed by atoms with Gasteiger partial charge in [0.05, 0.1) is 12.8 Å². The van der Waals surface area contributed by atoms with Gasteiger partial charge in [0.1, 0.15) is 0 Å². The molecule has 42 valence electrons. The van der Waals surface area contributed by atoms with Crippen LogP contribution in [0.25, 0.3) is 0 Å². The molecule has 0 N–H and O–H groups in total. The molecular weight excluding hydrogens is 100 g/mol. The van der Waals surface area contributed by atoms with Crippen LogP contribution in [-0.4, -0.2) is 9.97 Å². The number of rotatable bonds is 0. The van der Waals surface area contributed by atoms with Crippen molar-refractivity contribution in [1.82, 2.24) is 9.97 Å². The molecule has 1 heterocycles. The molecule has 1 aromatic rings. The first-order valence-electron chi connectivity index (χ1n) is 2.97. The van der Waals surface area contributed by atoms with Crippen molar-refractivity contribution >= 4 is 0 Å². The maximum atomic E-state index is 7.19. The molecule has 0 spiro atoms. The van der Waals surface area contributed by atoms with Crippen molar-refractivity contribution < 1.29 is 1.37 Å². The SMILES string of the molecule is [2H]c1nc(C)cnc1C. The summed E-state index contributed by atoms with van der Waals surface area (Å²) in [4.78, 5) is 7.81. The lowest BCUT2D eigenvalue weighted by atomic mass is 10.5. The van der Waals surface area contributed by atoms with Gasteiger partial charge in [0.2, 0.25) is 0 Å². The first-order valence-corrected chi connectivity index (χ1v) is 2.47. The van der Waals surface area contributed by atoms with Crippen molar-refractivity contribution in [1.29, 1.82) is 0 Å². The Morgan fingerprint density at radius 3 is 2.62 bits per heavy atom. The first-order chi connectivity index (χ1) is 4.20. The van der Waals surface area contributed by atoms with Gasteiger partial charge in [-0.2, -0.15) is 0 Å². The second kappa shape index (κ2) is 1.90. The molecule has 0 aliphatic rings. The Labute approximate surface area is 50.0 Å². The summed E-state index contributed by atoms with van der Waals surface area (Å²) in [7, 11) is 0. The van der Waals surface area contributed by atoms with Crippen LogP contribution in [-0.2, 0) is 0 Å². The minimum atomic E-state index is 0.273. The van der Waals surface area contributed by atoms with E-state index in [0.29, 0.717) is 5.69 Å². The number of nitrogens with zero attached hydrogens (tertiary/aromatic N) is 2. The molecule has 0 atom stereocenters. The molecule has 0 saturated heterocycles. The maximum absolute atomic E-state index is 7.19. The van der Waals surface area contributed by atoms with E-state index in [9.17, 15) is 0 Å². The predicted octanol–water partition coefficient (Wildman–Crippen LogP) is 1.09. The highest BCUT2D eigenvalue weighted by Crippen LogP contribution is 1.88. The second-order valence-corrected chi connectivity index (χ2v) is 1.71. The van der Waals surface area contributed by atoms with Gasteiger partial charge in [-0.15, -0.1) is 0 Å². The molecule has 0 fully saturated rings. The van der Waals surface area contributed by atoms with Gasteiger partial charge in [-0.25, -0.2) is 0 Å². The van der Waals surface area contributed by atoms with E-state index in [0.717, 1.165) is 5.69 Å². The summed E-state index contributed by atoms with van der Waals surface area (Å²) in [6, 6.07) is 0. The van der Waals surface area contributed by atoms with Crippen molar-refractivity contribution in [3.05, 3.63) is 23.8 Å². The molecule has 2 heteroatoms. The van der Waals surface area contributed by atoms with Gasteiger partial charge in [0.15, 0.2) is 0 Å². The Morgan fingerprint density at radius 1 is 1.38 bits per heavy atom. The van der Waals surface area contributed by atoms with Crippen molar-refractivity contribution in [2.45, 2.75) is 13.8 Å². The monoisotopic (exact) mass is 109 g/mol. The van der Waals surface area contributed by atoms with Crippen LogP contribution in [0.4, 0.5) is 0 Å². The highest BCUT2D eigenvalue weighted by molar-refractivity contribution is 4.97. The van der Waals surface area contributed by atoms with Crippen LogP contribution in [0.15, 0.2) is 12.4 Å². The zero-order valence-corrected chi connectivity index (χ0v) is 4.97. The van der Waals surface area contributed by atoms with Crippen LogP contribution in [0, 0.1) is 13.8 Å². The number of aromatic nitrogens is 2. The summed E-state index contributed by atoms with van der Waals surface area (Å²) in [5.41, 5.74) is 1.48. The minimum Gasteiger partial charge on any atom is -0.258 e.